The van der Waals surface area contributed by atoms with E-state index in [0.717, 1.165) is 16.7 Å². The molecule has 5 heteroatoms. The largest absolute Gasteiger partial charge is 0.507 e. The van der Waals surface area contributed by atoms with Crippen LogP contribution in [-0.2, 0) is 21.5 Å². The number of aryl methyl sites for hydroxylation is 1. The van der Waals surface area contributed by atoms with Crippen LogP contribution in [0.3, 0.4) is 0 Å². The first-order valence-corrected chi connectivity index (χ1v) is 11.3. The van der Waals surface area contributed by atoms with Crippen molar-refractivity contribution in [2.24, 2.45) is 0 Å². The quantitative estimate of drug-likeness (QED) is 0.295. The fourth-order valence-electron chi connectivity index (χ4n) is 4.21. The lowest BCUT2D eigenvalue weighted by Crippen LogP contribution is -2.29. The summed E-state index contributed by atoms with van der Waals surface area (Å²) in [6.45, 7) is 8.38. The summed E-state index contributed by atoms with van der Waals surface area (Å²) in [5, 5.41) is 11.2. The van der Waals surface area contributed by atoms with Crippen LogP contribution >= 0.6 is 0 Å². The third-order valence-electron chi connectivity index (χ3n) is 6.22. The molecule has 3 aromatic rings. The number of halogens is 1. The summed E-state index contributed by atoms with van der Waals surface area (Å²) < 4.78 is 13.4. The van der Waals surface area contributed by atoms with Crippen molar-refractivity contribution in [3.8, 4) is 0 Å². The number of likely N-dealkylation sites (tertiary alicyclic amines) is 1. The zero-order chi connectivity index (χ0) is 24.6. The number of carbonyl (C=O) groups excluding carboxylic acids is 2. The van der Waals surface area contributed by atoms with E-state index in [-0.39, 0.29) is 29.1 Å². The van der Waals surface area contributed by atoms with Crippen LogP contribution in [0.1, 0.15) is 54.6 Å². The molecule has 0 saturated carbocycles. The number of aliphatic hydroxyl groups excluding tert-OH is 1. The first kappa shape index (κ1) is 23.4. The molecule has 1 aliphatic rings. The zero-order valence-electron chi connectivity index (χ0n) is 19.8. The molecule has 1 fully saturated rings. The highest BCUT2D eigenvalue weighted by Gasteiger charge is 2.46. The summed E-state index contributed by atoms with van der Waals surface area (Å²) in [6.07, 6.45) is 0. The summed E-state index contributed by atoms with van der Waals surface area (Å²) in [5.41, 5.74) is 4.02. The Bertz CT molecular complexity index is 1250. The van der Waals surface area contributed by atoms with Crippen LogP contribution in [-0.4, -0.2) is 21.7 Å². The van der Waals surface area contributed by atoms with Crippen LogP contribution in [0.25, 0.3) is 5.76 Å². The van der Waals surface area contributed by atoms with E-state index in [0.29, 0.717) is 11.1 Å². The molecule has 0 radical (unpaired) electrons. The first-order chi connectivity index (χ1) is 16.1. The Morgan fingerprint density at radius 1 is 0.912 bits per heavy atom. The smallest absolute Gasteiger partial charge is 0.295 e. The van der Waals surface area contributed by atoms with Crippen molar-refractivity contribution in [1.82, 2.24) is 4.90 Å². The zero-order valence-corrected chi connectivity index (χ0v) is 19.8. The van der Waals surface area contributed by atoms with Gasteiger partial charge in [0.1, 0.15) is 11.6 Å². The fourth-order valence-corrected chi connectivity index (χ4v) is 4.21. The van der Waals surface area contributed by atoms with Gasteiger partial charge in [-0.2, -0.15) is 0 Å². The Morgan fingerprint density at radius 3 is 2.06 bits per heavy atom. The monoisotopic (exact) mass is 457 g/mol. The Labute approximate surface area is 199 Å². The van der Waals surface area contributed by atoms with Crippen molar-refractivity contribution in [3.05, 3.63) is 112 Å². The van der Waals surface area contributed by atoms with Crippen LogP contribution in [0.5, 0.6) is 0 Å². The summed E-state index contributed by atoms with van der Waals surface area (Å²) >= 11 is 0. The Balaban J connectivity index is 1.84. The molecule has 4 nitrogen and oxygen atoms in total. The normalized spacial score (nSPS) is 17.9. The maximum absolute atomic E-state index is 13.4. The van der Waals surface area contributed by atoms with E-state index in [4.69, 9.17) is 0 Å². The number of ketones is 1. The van der Waals surface area contributed by atoms with Crippen LogP contribution in [0.4, 0.5) is 4.39 Å². The lowest BCUT2D eigenvalue weighted by atomic mass is 9.85. The molecular weight excluding hydrogens is 429 g/mol. The molecule has 4 rings (SSSR count). The summed E-state index contributed by atoms with van der Waals surface area (Å²) in [7, 11) is 0. The average molecular weight is 458 g/mol. The van der Waals surface area contributed by atoms with Gasteiger partial charge in [0.05, 0.1) is 11.6 Å². The molecule has 0 spiro atoms. The van der Waals surface area contributed by atoms with Crippen LogP contribution in [0.15, 0.2) is 78.4 Å². The highest BCUT2D eigenvalue weighted by Crippen LogP contribution is 2.40. The third-order valence-corrected chi connectivity index (χ3v) is 6.22. The van der Waals surface area contributed by atoms with E-state index in [1.54, 1.807) is 24.3 Å². The van der Waals surface area contributed by atoms with Gasteiger partial charge in [0, 0.05) is 12.1 Å². The first-order valence-electron chi connectivity index (χ1n) is 11.3. The molecule has 174 valence electrons. The van der Waals surface area contributed by atoms with Gasteiger partial charge < -0.3 is 10.0 Å². The maximum atomic E-state index is 13.4. The second-order valence-corrected chi connectivity index (χ2v) is 9.79. The molecule has 1 aliphatic heterocycles. The number of hydrogen-bond acceptors (Lipinski definition) is 3. The van der Waals surface area contributed by atoms with Gasteiger partial charge in [-0.3, -0.25) is 9.59 Å². The second kappa shape index (κ2) is 8.90. The van der Waals surface area contributed by atoms with Gasteiger partial charge >= 0.3 is 0 Å². The molecule has 1 atom stereocenters. The number of Topliss-reactive ketones (excluding diaryl/α,β-unsaturated/α-hetero) is 1. The van der Waals surface area contributed by atoms with Gasteiger partial charge in [-0.15, -0.1) is 0 Å². The summed E-state index contributed by atoms with van der Waals surface area (Å²) in [4.78, 5) is 27.8. The van der Waals surface area contributed by atoms with Crippen LogP contribution in [0.2, 0.25) is 0 Å². The number of amides is 1. The molecule has 0 bridgehead atoms. The number of rotatable bonds is 4. The average Bonchev–Trinajstić information content (AvgIpc) is 3.05. The minimum atomic E-state index is -0.764. The number of nitrogens with zero attached hydrogens (tertiary/aromatic N) is 1. The molecule has 1 amide bonds. The maximum Gasteiger partial charge on any atom is 0.295 e. The highest BCUT2D eigenvalue weighted by molar-refractivity contribution is 6.46. The van der Waals surface area contributed by atoms with Gasteiger partial charge in [-0.05, 0) is 41.2 Å². The SMILES string of the molecule is Cc1ccc(/C(O)=C2/C(=O)C(=O)N(Cc3ccc(F)cc3)C2c2ccc(C(C)(C)C)cc2)cc1. The molecule has 0 aliphatic carbocycles. The van der Waals surface area contributed by atoms with Crippen molar-refractivity contribution in [3.63, 3.8) is 0 Å². The van der Waals surface area contributed by atoms with Gasteiger partial charge in [-0.25, -0.2) is 4.39 Å². The van der Waals surface area contributed by atoms with Crippen LogP contribution < -0.4 is 0 Å². The van der Waals surface area contributed by atoms with Crippen molar-refractivity contribution < 1.29 is 19.1 Å². The molecule has 1 heterocycles. The highest BCUT2D eigenvalue weighted by atomic mass is 19.1. The Kier molecular flexibility index (Phi) is 6.13. The second-order valence-electron chi connectivity index (χ2n) is 9.79. The van der Waals surface area contributed by atoms with E-state index in [9.17, 15) is 19.1 Å². The van der Waals surface area contributed by atoms with Crippen molar-refractivity contribution in [2.45, 2.75) is 45.7 Å². The molecule has 1 saturated heterocycles. The van der Waals surface area contributed by atoms with Gasteiger partial charge in [0.25, 0.3) is 11.7 Å². The predicted molar refractivity (Wildman–Crippen MR) is 131 cm³/mol. The van der Waals surface area contributed by atoms with E-state index in [2.05, 4.69) is 20.8 Å². The Hall–Kier alpha value is -3.73. The van der Waals surface area contributed by atoms with Gasteiger partial charge in [-0.1, -0.05) is 87.0 Å². The molecule has 1 N–H and O–H groups in total. The fraction of sp³-hybridized carbons (Fsp3) is 0.241. The standard InChI is InChI=1S/C29H28FNO3/c1-18-5-9-21(10-6-18)26(32)24-25(20-11-13-22(14-12-20)29(2,3)4)31(28(34)27(24)33)17-19-7-15-23(30)16-8-19/h5-16,25,32H,17H2,1-4H3/b26-24-. The number of carbonyl (C=O) groups is 2. The number of benzene rings is 3. The van der Waals surface area contributed by atoms with Crippen molar-refractivity contribution >= 4 is 17.4 Å². The minimum Gasteiger partial charge on any atom is -0.507 e. The Morgan fingerprint density at radius 2 is 1.50 bits per heavy atom. The minimum absolute atomic E-state index is 0.0551. The molecular formula is C29H28FNO3. The van der Waals surface area contributed by atoms with E-state index >= 15 is 0 Å². The summed E-state index contributed by atoms with van der Waals surface area (Å²) in [6, 6.07) is 20.0. The predicted octanol–water partition coefficient (Wildman–Crippen LogP) is 6.05. The molecule has 0 aromatic heterocycles. The lowest BCUT2D eigenvalue weighted by Gasteiger charge is -2.26. The van der Waals surface area contributed by atoms with E-state index in [1.807, 2.05) is 43.3 Å². The van der Waals surface area contributed by atoms with Gasteiger partial charge in [0.15, 0.2) is 0 Å². The molecule has 3 aromatic carbocycles. The molecule has 1 unspecified atom stereocenters. The molecule has 34 heavy (non-hydrogen) atoms. The van der Waals surface area contributed by atoms with Crippen molar-refractivity contribution in [2.75, 3.05) is 0 Å². The van der Waals surface area contributed by atoms with E-state index in [1.165, 1.54) is 17.0 Å². The van der Waals surface area contributed by atoms with Crippen LogP contribution in [0, 0.1) is 12.7 Å². The van der Waals surface area contributed by atoms with E-state index < -0.39 is 17.7 Å². The third kappa shape index (κ3) is 4.51. The van der Waals surface area contributed by atoms with Crippen molar-refractivity contribution in [1.29, 1.82) is 0 Å². The number of aliphatic hydroxyl groups is 1. The van der Waals surface area contributed by atoms with Gasteiger partial charge in [0.2, 0.25) is 0 Å². The summed E-state index contributed by atoms with van der Waals surface area (Å²) in [5.74, 6) is -2.00. The number of hydrogen-bond donors (Lipinski definition) is 1. The topological polar surface area (TPSA) is 57.6 Å². The lowest BCUT2D eigenvalue weighted by molar-refractivity contribution is -0.140.